The number of aromatic nitrogens is 1. The predicted octanol–water partition coefficient (Wildman–Crippen LogP) is 4.86. The lowest BCUT2D eigenvalue weighted by atomic mass is 10.1. The number of para-hydroxylation sites is 1. The Hall–Kier alpha value is -2.69. The van der Waals surface area contributed by atoms with Gasteiger partial charge in [0.2, 0.25) is 5.96 Å². The molecule has 0 saturated heterocycles. The first-order valence-electron chi connectivity index (χ1n) is 8.98. The van der Waals surface area contributed by atoms with Crippen molar-refractivity contribution in [3.63, 3.8) is 0 Å². The van der Waals surface area contributed by atoms with Gasteiger partial charge in [-0.2, -0.15) is 5.26 Å². The van der Waals surface area contributed by atoms with Crippen LogP contribution in [-0.4, -0.2) is 23.5 Å². The third-order valence-corrected chi connectivity index (χ3v) is 6.02. The van der Waals surface area contributed by atoms with Gasteiger partial charge in [0.15, 0.2) is 5.13 Å². The zero-order chi connectivity index (χ0) is 19.3. The summed E-state index contributed by atoms with van der Waals surface area (Å²) < 4.78 is 2.19. The number of anilines is 1. The molecule has 3 aromatic rings. The molecular weight excluding hydrogens is 434 g/mol. The lowest BCUT2D eigenvalue weighted by molar-refractivity contribution is 0.769. The number of guanidine groups is 1. The number of benzene rings is 2. The normalized spacial score (nSPS) is 17.6. The quantitative estimate of drug-likeness (QED) is 0.601. The molecular formula is C21H18BrN5S. The maximum Gasteiger partial charge on any atom is 0.204 e. The number of thiazole rings is 1. The average molecular weight is 452 g/mol. The van der Waals surface area contributed by atoms with Crippen molar-refractivity contribution in [1.82, 2.24) is 10.3 Å². The molecule has 4 rings (SSSR count). The number of hydrogen-bond acceptors (Lipinski definition) is 4. The van der Waals surface area contributed by atoms with Crippen LogP contribution in [0.4, 0.5) is 5.13 Å². The van der Waals surface area contributed by atoms with Gasteiger partial charge in [-0.3, -0.25) is 9.89 Å². The van der Waals surface area contributed by atoms with Crippen LogP contribution >= 0.6 is 27.3 Å². The highest BCUT2D eigenvalue weighted by molar-refractivity contribution is 9.10. The second kappa shape index (κ2) is 8.55. The van der Waals surface area contributed by atoms with Gasteiger partial charge in [0.25, 0.3) is 0 Å². The van der Waals surface area contributed by atoms with Crippen molar-refractivity contribution in [1.29, 1.82) is 5.26 Å². The summed E-state index contributed by atoms with van der Waals surface area (Å²) in [5, 5.41) is 13.4. The molecule has 1 aliphatic rings. The van der Waals surface area contributed by atoms with Crippen molar-refractivity contribution in [2.24, 2.45) is 4.99 Å². The second-order valence-corrected chi connectivity index (χ2v) is 8.27. The van der Waals surface area contributed by atoms with Crippen molar-refractivity contribution in [2.45, 2.75) is 18.9 Å². The average Bonchev–Trinajstić information content (AvgIpc) is 3.13. The summed E-state index contributed by atoms with van der Waals surface area (Å²) in [6.45, 7) is 0.651. The van der Waals surface area contributed by atoms with Crippen molar-refractivity contribution >= 4 is 48.6 Å². The number of fused-ring (bicyclic) bond motifs is 1. The van der Waals surface area contributed by atoms with Crippen LogP contribution in [0.2, 0.25) is 0 Å². The van der Waals surface area contributed by atoms with Crippen LogP contribution in [0.15, 0.2) is 70.3 Å². The number of nitriles is 1. The van der Waals surface area contributed by atoms with Crippen LogP contribution in [0.1, 0.15) is 12.0 Å². The molecule has 0 fully saturated rings. The molecule has 140 valence electrons. The number of hydrogen-bond donors (Lipinski definition) is 1. The maximum absolute atomic E-state index is 9.26. The number of rotatable bonds is 5. The maximum atomic E-state index is 9.26. The van der Waals surface area contributed by atoms with Gasteiger partial charge < -0.3 is 5.32 Å². The largest absolute Gasteiger partial charge is 0.333 e. The second-order valence-electron chi connectivity index (χ2n) is 6.35. The summed E-state index contributed by atoms with van der Waals surface area (Å²) >= 11 is 5.08. The summed E-state index contributed by atoms with van der Waals surface area (Å²) in [4.78, 5) is 11.6. The molecule has 1 unspecified atom stereocenters. The summed E-state index contributed by atoms with van der Waals surface area (Å²) in [5.41, 5.74) is 2.20. The lowest BCUT2D eigenvalue weighted by Crippen LogP contribution is -2.48. The van der Waals surface area contributed by atoms with Crippen LogP contribution < -0.4 is 10.2 Å². The van der Waals surface area contributed by atoms with Crippen molar-refractivity contribution in [3.8, 4) is 6.07 Å². The topological polar surface area (TPSA) is 64.3 Å². The van der Waals surface area contributed by atoms with Crippen LogP contribution in [0.5, 0.6) is 0 Å². The molecule has 1 atom stereocenters. The van der Waals surface area contributed by atoms with E-state index in [4.69, 9.17) is 9.98 Å². The minimum Gasteiger partial charge on any atom is -0.333 e. The summed E-state index contributed by atoms with van der Waals surface area (Å²) in [6.07, 6.45) is 5.08. The summed E-state index contributed by atoms with van der Waals surface area (Å²) in [5.74, 6) is 0.735. The van der Waals surface area contributed by atoms with E-state index < -0.39 is 0 Å². The Morgan fingerprint density at radius 2 is 2.04 bits per heavy atom. The highest BCUT2D eigenvalue weighted by Gasteiger charge is 2.27. The minimum atomic E-state index is -0.0850. The van der Waals surface area contributed by atoms with Crippen LogP contribution in [0, 0.1) is 11.3 Å². The third kappa shape index (κ3) is 4.08. The molecule has 1 N–H and O–H groups in total. The fourth-order valence-electron chi connectivity index (χ4n) is 3.06. The molecule has 5 nitrogen and oxygen atoms in total. The molecule has 7 heteroatoms. The van der Waals surface area contributed by atoms with E-state index in [0.717, 1.165) is 32.2 Å². The van der Waals surface area contributed by atoms with Crippen molar-refractivity contribution in [3.05, 3.63) is 70.8 Å². The van der Waals surface area contributed by atoms with E-state index in [0.29, 0.717) is 13.0 Å². The lowest BCUT2D eigenvalue weighted by Gasteiger charge is -2.32. The zero-order valence-corrected chi connectivity index (χ0v) is 17.4. The molecule has 2 heterocycles. The zero-order valence-electron chi connectivity index (χ0n) is 15.0. The van der Waals surface area contributed by atoms with E-state index in [1.165, 1.54) is 5.56 Å². The number of aliphatic imine (C=N–C) groups is 1. The summed E-state index contributed by atoms with van der Waals surface area (Å²) in [6, 6.07) is 18.5. The van der Waals surface area contributed by atoms with Gasteiger partial charge in [0, 0.05) is 17.2 Å². The molecule has 28 heavy (non-hydrogen) atoms. The summed E-state index contributed by atoms with van der Waals surface area (Å²) in [7, 11) is 0. The minimum absolute atomic E-state index is 0.0850. The van der Waals surface area contributed by atoms with E-state index in [-0.39, 0.29) is 6.04 Å². The van der Waals surface area contributed by atoms with Crippen molar-refractivity contribution < 1.29 is 0 Å². The van der Waals surface area contributed by atoms with E-state index >= 15 is 0 Å². The molecule has 2 aromatic carbocycles. The molecule has 1 aliphatic heterocycles. The van der Waals surface area contributed by atoms with Crippen LogP contribution in [0.25, 0.3) is 10.2 Å². The standard InChI is InChI=1S/C21H18BrN5S/c22-16-7-5-15(6-8-16)10-13-24-20-25-14-11-17(9-12-23)27(20)21-26-18-3-1-2-4-19(18)28-21/h1-8,11,14,17H,9-10,13H2,(H,24,25). The Morgan fingerprint density at radius 1 is 1.21 bits per heavy atom. The number of nitrogens with zero attached hydrogens (tertiary/aromatic N) is 4. The molecule has 0 bridgehead atoms. The van der Waals surface area contributed by atoms with Gasteiger partial charge in [-0.15, -0.1) is 0 Å². The first kappa shape index (κ1) is 18.7. The molecule has 0 spiro atoms. The number of nitrogens with one attached hydrogen (secondary N) is 1. The van der Waals surface area contributed by atoms with Crippen LogP contribution in [-0.2, 0) is 6.42 Å². The highest BCUT2D eigenvalue weighted by Crippen LogP contribution is 2.31. The fraction of sp³-hybridized carbons (Fsp3) is 0.190. The Bertz CT molecular complexity index is 1030. The Balaban J connectivity index is 1.60. The van der Waals surface area contributed by atoms with Gasteiger partial charge in [-0.05, 0) is 42.3 Å². The Kier molecular flexibility index (Phi) is 5.70. The molecule has 1 aromatic heterocycles. The first-order chi connectivity index (χ1) is 13.7. The van der Waals surface area contributed by atoms with Crippen molar-refractivity contribution in [2.75, 3.05) is 11.4 Å². The van der Waals surface area contributed by atoms with Gasteiger partial charge in [0.1, 0.15) is 0 Å². The molecule has 0 radical (unpaired) electrons. The van der Waals surface area contributed by atoms with Gasteiger partial charge in [-0.25, -0.2) is 4.98 Å². The smallest absolute Gasteiger partial charge is 0.204 e. The monoisotopic (exact) mass is 451 g/mol. The SMILES string of the molecule is N#CCC1C=CNC(=NCCc2ccc(Br)cc2)N1c1nc2ccccc2s1. The highest BCUT2D eigenvalue weighted by atomic mass is 79.9. The molecule has 0 amide bonds. The Labute approximate surface area is 176 Å². The Morgan fingerprint density at radius 3 is 2.82 bits per heavy atom. The predicted molar refractivity (Wildman–Crippen MR) is 119 cm³/mol. The third-order valence-electron chi connectivity index (χ3n) is 4.46. The van der Waals surface area contributed by atoms with E-state index in [2.05, 4.69) is 45.5 Å². The van der Waals surface area contributed by atoms with Crippen LogP contribution in [0.3, 0.4) is 0 Å². The fourth-order valence-corrected chi connectivity index (χ4v) is 4.35. The number of halogens is 1. The van der Waals surface area contributed by atoms with E-state index in [1.807, 2.05) is 47.5 Å². The first-order valence-corrected chi connectivity index (χ1v) is 10.6. The van der Waals surface area contributed by atoms with Gasteiger partial charge in [0.05, 0.1) is 28.7 Å². The van der Waals surface area contributed by atoms with E-state index in [9.17, 15) is 5.26 Å². The molecule has 0 saturated carbocycles. The molecule has 0 aliphatic carbocycles. The van der Waals surface area contributed by atoms with Gasteiger partial charge >= 0.3 is 0 Å². The van der Waals surface area contributed by atoms with E-state index in [1.54, 1.807) is 11.3 Å². The van der Waals surface area contributed by atoms with Gasteiger partial charge in [-0.1, -0.05) is 51.5 Å².